The number of aliphatic hydroxyl groups excluding tert-OH is 2. The summed E-state index contributed by atoms with van der Waals surface area (Å²) in [6, 6.07) is 0. The topological polar surface area (TPSA) is 87.0 Å². The van der Waals surface area contributed by atoms with Crippen LogP contribution in [-0.2, 0) is 9.53 Å². The van der Waals surface area contributed by atoms with Crippen LogP contribution < -0.4 is 0 Å². The number of hydrogen-bond acceptors (Lipinski definition) is 5. The van der Waals surface area contributed by atoms with Crippen LogP contribution in [0, 0.1) is 46.3 Å². The van der Waals surface area contributed by atoms with Gasteiger partial charge in [0, 0.05) is 30.8 Å². The van der Waals surface area contributed by atoms with Gasteiger partial charge >= 0.3 is 5.97 Å². The third kappa shape index (κ3) is 4.52. The van der Waals surface area contributed by atoms with Gasteiger partial charge in [-0.2, -0.15) is 0 Å². The molecule has 5 nitrogen and oxygen atoms in total. The third-order valence-electron chi connectivity index (χ3n) is 11.3. The van der Waals surface area contributed by atoms with Crippen molar-refractivity contribution in [2.45, 2.75) is 104 Å². The first kappa shape index (κ1) is 27.9. The average molecular weight is 503 g/mol. The lowest BCUT2D eigenvalue weighted by atomic mass is 9.60. The molecule has 1 unspecified atom stereocenters. The lowest BCUT2D eigenvalue weighted by Gasteiger charge is -2.45. The first-order chi connectivity index (χ1) is 16.8. The summed E-state index contributed by atoms with van der Waals surface area (Å²) in [6.07, 6.45) is 15.3. The van der Waals surface area contributed by atoms with E-state index in [9.17, 15) is 20.1 Å². The Kier molecular flexibility index (Phi) is 7.62. The molecule has 0 heterocycles. The SMILES string of the molecule is CC(=O)OC(C)(C)[C@@H](C)/C=C/[C@@H](C)[C@H]1CC[C@H]2/C(=C/[C@@H](CO)[C@]34C[C@H]3CCC4(O)CO)CCC[C@]12C. The maximum atomic E-state index is 11.5. The van der Waals surface area contributed by atoms with Crippen molar-refractivity contribution in [3.8, 4) is 0 Å². The van der Waals surface area contributed by atoms with Gasteiger partial charge in [-0.25, -0.2) is 0 Å². The zero-order chi connectivity index (χ0) is 26.5. The number of allylic oxidation sites excluding steroid dienone is 2. The summed E-state index contributed by atoms with van der Waals surface area (Å²) in [7, 11) is 0. The Bertz CT molecular complexity index is 891. The maximum Gasteiger partial charge on any atom is 0.303 e. The quantitative estimate of drug-likeness (QED) is 0.289. The number of carbonyl (C=O) groups is 1. The van der Waals surface area contributed by atoms with Crippen molar-refractivity contribution in [1.82, 2.24) is 0 Å². The van der Waals surface area contributed by atoms with E-state index in [1.54, 1.807) is 0 Å². The zero-order valence-corrected chi connectivity index (χ0v) is 23.4. The second-order valence-corrected chi connectivity index (χ2v) is 13.5. The molecule has 36 heavy (non-hydrogen) atoms. The summed E-state index contributed by atoms with van der Waals surface area (Å²) >= 11 is 0. The molecule has 4 saturated carbocycles. The van der Waals surface area contributed by atoms with Crippen molar-refractivity contribution in [2.75, 3.05) is 13.2 Å². The summed E-state index contributed by atoms with van der Waals surface area (Å²) in [5.41, 5.74) is -0.199. The highest BCUT2D eigenvalue weighted by Crippen LogP contribution is 2.72. The molecule has 0 bridgehead atoms. The van der Waals surface area contributed by atoms with Gasteiger partial charge in [0.25, 0.3) is 0 Å². The Morgan fingerprint density at radius 2 is 1.89 bits per heavy atom. The normalized spacial score (nSPS) is 41.7. The van der Waals surface area contributed by atoms with Crippen molar-refractivity contribution >= 4 is 5.97 Å². The number of fused-ring (bicyclic) bond motifs is 2. The van der Waals surface area contributed by atoms with Gasteiger partial charge in [-0.05, 0) is 94.3 Å². The lowest BCUT2D eigenvalue weighted by Crippen LogP contribution is -2.46. The highest BCUT2D eigenvalue weighted by molar-refractivity contribution is 5.66. The molecule has 0 aromatic carbocycles. The monoisotopic (exact) mass is 502 g/mol. The van der Waals surface area contributed by atoms with E-state index < -0.39 is 11.2 Å². The van der Waals surface area contributed by atoms with E-state index in [2.05, 4.69) is 39.0 Å². The maximum absolute atomic E-state index is 11.5. The highest BCUT2D eigenvalue weighted by Gasteiger charge is 2.72. The van der Waals surface area contributed by atoms with Crippen LogP contribution >= 0.6 is 0 Å². The second-order valence-electron chi connectivity index (χ2n) is 13.5. The Balaban J connectivity index is 1.51. The molecule has 0 aromatic heterocycles. The zero-order valence-electron chi connectivity index (χ0n) is 23.4. The number of ether oxygens (including phenoxy) is 1. The van der Waals surface area contributed by atoms with Crippen LogP contribution in [0.1, 0.15) is 92.9 Å². The van der Waals surface area contributed by atoms with Crippen LogP contribution in [0.25, 0.3) is 0 Å². The van der Waals surface area contributed by atoms with E-state index in [-0.39, 0.29) is 41.8 Å². The van der Waals surface area contributed by atoms with E-state index in [0.29, 0.717) is 30.1 Å². The molecule has 0 amide bonds. The minimum Gasteiger partial charge on any atom is -0.459 e. The minimum atomic E-state index is -1.05. The van der Waals surface area contributed by atoms with Gasteiger partial charge in [0.1, 0.15) is 5.60 Å². The number of aliphatic hydroxyl groups is 3. The van der Waals surface area contributed by atoms with Gasteiger partial charge in [-0.1, -0.05) is 44.6 Å². The second kappa shape index (κ2) is 9.85. The van der Waals surface area contributed by atoms with Crippen LogP contribution in [0.5, 0.6) is 0 Å². The van der Waals surface area contributed by atoms with Crippen molar-refractivity contribution in [2.24, 2.45) is 46.3 Å². The Morgan fingerprint density at radius 1 is 1.17 bits per heavy atom. The average Bonchev–Trinajstić information content (AvgIpc) is 3.34. The van der Waals surface area contributed by atoms with Crippen LogP contribution in [0.15, 0.2) is 23.8 Å². The predicted molar refractivity (Wildman–Crippen MR) is 142 cm³/mol. The number of hydrogen-bond donors (Lipinski definition) is 3. The van der Waals surface area contributed by atoms with Crippen LogP contribution in [0.4, 0.5) is 0 Å². The Hall–Kier alpha value is -1.17. The standard InChI is InChI=1S/C31H50O5/c1-20(9-10-21(2)28(4,5)36-22(3)34)26-11-12-27-23(8-7-14-29(26,27)6)16-25(18-32)31-17-24(31)13-15-30(31,35)19-33/h9-10,16,20-21,24-27,32-33,35H,7-8,11-15,17-19H2,1-6H3/b10-9+,23-16+/t20-,21+,24-,25+,26-,27+,29-,30?,31+/m1/s1. The molecule has 0 spiro atoms. The van der Waals surface area contributed by atoms with Crippen molar-refractivity contribution in [1.29, 1.82) is 0 Å². The van der Waals surface area contributed by atoms with E-state index in [1.807, 2.05) is 13.8 Å². The fourth-order valence-corrected chi connectivity index (χ4v) is 8.89. The first-order valence-corrected chi connectivity index (χ1v) is 14.4. The van der Waals surface area contributed by atoms with Crippen molar-refractivity contribution in [3.05, 3.63) is 23.8 Å². The predicted octanol–water partition coefficient (Wildman–Crippen LogP) is 5.43. The number of esters is 1. The van der Waals surface area contributed by atoms with Gasteiger partial charge < -0.3 is 20.1 Å². The van der Waals surface area contributed by atoms with E-state index in [1.165, 1.54) is 38.2 Å². The van der Waals surface area contributed by atoms with Crippen LogP contribution in [0.2, 0.25) is 0 Å². The van der Waals surface area contributed by atoms with Crippen LogP contribution in [-0.4, -0.2) is 45.7 Å². The van der Waals surface area contributed by atoms with Gasteiger partial charge in [-0.3, -0.25) is 4.79 Å². The van der Waals surface area contributed by atoms with E-state index >= 15 is 0 Å². The van der Waals surface area contributed by atoms with Crippen molar-refractivity contribution < 1.29 is 24.9 Å². The first-order valence-electron chi connectivity index (χ1n) is 14.4. The molecule has 9 atom stereocenters. The van der Waals surface area contributed by atoms with Gasteiger partial charge in [0.05, 0.1) is 12.2 Å². The Morgan fingerprint density at radius 3 is 2.50 bits per heavy atom. The summed E-state index contributed by atoms with van der Waals surface area (Å²) in [4.78, 5) is 11.5. The van der Waals surface area contributed by atoms with Crippen molar-refractivity contribution in [3.63, 3.8) is 0 Å². The van der Waals surface area contributed by atoms with E-state index in [4.69, 9.17) is 4.74 Å². The molecule has 4 rings (SSSR count). The summed E-state index contributed by atoms with van der Waals surface area (Å²) in [6.45, 7) is 12.2. The molecule has 0 aromatic rings. The van der Waals surface area contributed by atoms with Gasteiger partial charge in [-0.15, -0.1) is 0 Å². The molecule has 4 aliphatic carbocycles. The smallest absolute Gasteiger partial charge is 0.303 e. The minimum absolute atomic E-state index is 0.0460. The number of rotatable bonds is 9. The largest absolute Gasteiger partial charge is 0.459 e. The molecule has 0 aliphatic heterocycles. The van der Waals surface area contributed by atoms with Gasteiger partial charge in [0.15, 0.2) is 0 Å². The highest BCUT2D eigenvalue weighted by atomic mass is 16.6. The molecule has 5 heteroatoms. The molecule has 0 saturated heterocycles. The summed E-state index contributed by atoms with van der Waals surface area (Å²) in [5, 5.41) is 31.7. The molecular formula is C31H50O5. The van der Waals surface area contributed by atoms with Gasteiger partial charge in [0.2, 0.25) is 0 Å². The fourth-order valence-electron chi connectivity index (χ4n) is 8.89. The van der Waals surface area contributed by atoms with Crippen LogP contribution in [0.3, 0.4) is 0 Å². The number of carbonyl (C=O) groups excluding carboxylic acids is 1. The lowest BCUT2D eigenvalue weighted by molar-refractivity contribution is -0.156. The van der Waals surface area contributed by atoms with E-state index in [0.717, 1.165) is 19.3 Å². The molecule has 3 N–H and O–H groups in total. The molecule has 0 radical (unpaired) electrons. The molecular weight excluding hydrogens is 452 g/mol. The third-order valence-corrected chi connectivity index (χ3v) is 11.3. The molecule has 4 aliphatic rings. The molecule has 204 valence electrons. The molecule has 4 fully saturated rings. The Labute approximate surface area is 218 Å². The summed E-state index contributed by atoms with van der Waals surface area (Å²) < 4.78 is 5.55. The summed E-state index contributed by atoms with van der Waals surface area (Å²) in [5.74, 6) is 1.79. The fraction of sp³-hybridized carbons (Fsp3) is 0.839.